The van der Waals surface area contributed by atoms with E-state index in [1.807, 2.05) is 42.5 Å². The molecule has 8 rings (SSSR count). The van der Waals surface area contributed by atoms with Crippen LogP contribution in [0.15, 0.2) is 60.7 Å². The van der Waals surface area contributed by atoms with Gasteiger partial charge >= 0.3 is 0 Å². The second-order valence-corrected chi connectivity index (χ2v) is 12.3. The van der Waals surface area contributed by atoms with Crippen LogP contribution in [0.5, 0.6) is 5.75 Å². The topological polar surface area (TPSA) is 61.8 Å². The number of hydrogen-bond donors (Lipinski definition) is 2. The molecular formula is C32H34N2O3. The highest BCUT2D eigenvalue weighted by atomic mass is 16.5. The fraction of sp³-hybridized carbons (Fsp3) is 0.469. The van der Waals surface area contributed by atoms with E-state index in [1.165, 1.54) is 30.5 Å². The normalized spacial score (nSPS) is 33.8. The fourth-order valence-corrected chi connectivity index (χ4v) is 8.64. The number of aromatic hydroxyl groups is 1. The van der Waals surface area contributed by atoms with Gasteiger partial charge in [0.05, 0.1) is 17.2 Å². The summed E-state index contributed by atoms with van der Waals surface area (Å²) in [6.07, 6.45) is 7.03. The van der Waals surface area contributed by atoms with Gasteiger partial charge in [-0.25, -0.2) is 0 Å². The zero-order valence-electron chi connectivity index (χ0n) is 21.2. The zero-order chi connectivity index (χ0) is 24.8. The Bertz CT molecular complexity index is 1420. The summed E-state index contributed by atoms with van der Waals surface area (Å²) in [5.41, 5.74) is 3.04. The SMILES string of the molecule is O=C(NC[C@]12CCC(O1)C13Cc4ccc(O)cc4C(CCN1CC1CC1)C32)c1ccc2ccccc2c1. The number of rotatable bonds is 5. The van der Waals surface area contributed by atoms with Gasteiger partial charge in [-0.1, -0.05) is 36.4 Å². The summed E-state index contributed by atoms with van der Waals surface area (Å²) < 4.78 is 7.04. The number of fused-ring (bicyclic) bond motifs is 5. The van der Waals surface area contributed by atoms with Gasteiger partial charge in [-0.15, -0.1) is 0 Å². The molecule has 5 aliphatic rings. The largest absolute Gasteiger partial charge is 0.508 e. The van der Waals surface area contributed by atoms with Crippen molar-refractivity contribution in [2.24, 2.45) is 11.8 Å². The number of benzene rings is 3. The van der Waals surface area contributed by atoms with Gasteiger partial charge in [0.15, 0.2) is 0 Å². The summed E-state index contributed by atoms with van der Waals surface area (Å²) in [5, 5.41) is 15.9. The number of ether oxygens (including phenoxy) is 1. The molecule has 3 heterocycles. The number of phenols is 1. The van der Waals surface area contributed by atoms with Crippen molar-refractivity contribution in [3.05, 3.63) is 77.4 Å². The lowest BCUT2D eigenvalue weighted by atomic mass is 9.52. The van der Waals surface area contributed by atoms with Crippen LogP contribution in [-0.4, -0.2) is 52.8 Å². The maximum Gasteiger partial charge on any atom is 0.251 e. The molecule has 5 atom stereocenters. The average molecular weight is 495 g/mol. The van der Waals surface area contributed by atoms with Crippen LogP contribution < -0.4 is 5.32 Å². The van der Waals surface area contributed by atoms with E-state index in [1.54, 1.807) is 0 Å². The summed E-state index contributed by atoms with van der Waals surface area (Å²) in [4.78, 5) is 16.2. The van der Waals surface area contributed by atoms with Gasteiger partial charge in [0, 0.05) is 24.6 Å². The first-order valence-corrected chi connectivity index (χ1v) is 14.1. The van der Waals surface area contributed by atoms with Crippen molar-refractivity contribution in [2.75, 3.05) is 19.6 Å². The Morgan fingerprint density at radius 2 is 1.89 bits per heavy atom. The van der Waals surface area contributed by atoms with Gasteiger partial charge in [-0.2, -0.15) is 0 Å². The molecule has 1 amide bonds. The van der Waals surface area contributed by atoms with Gasteiger partial charge in [0.2, 0.25) is 0 Å². The molecule has 0 radical (unpaired) electrons. The molecule has 37 heavy (non-hydrogen) atoms. The number of piperidine rings is 1. The molecule has 1 saturated carbocycles. The lowest BCUT2D eigenvalue weighted by Crippen LogP contribution is -2.70. The molecule has 4 fully saturated rings. The van der Waals surface area contributed by atoms with Crippen molar-refractivity contribution in [2.45, 2.75) is 61.7 Å². The van der Waals surface area contributed by atoms with E-state index in [4.69, 9.17) is 4.74 Å². The third-order valence-corrected chi connectivity index (χ3v) is 10.3. The maximum absolute atomic E-state index is 13.4. The van der Waals surface area contributed by atoms with Crippen LogP contribution in [0.25, 0.3) is 10.8 Å². The Balaban J connectivity index is 1.14. The van der Waals surface area contributed by atoms with Crippen molar-refractivity contribution in [1.82, 2.24) is 10.2 Å². The van der Waals surface area contributed by atoms with Gasteiger partial charge in [-0.3, -0.25) is 9.69 Å². The third-order valence-electron chi connectivity index (χ3n) is 10.3. The molecule has 3 aliphatic heterocycles. The predicted molar refractivity (Wildman–Crippen MR) is 143 cm³/mol. The quantitative estimate of drug-likeness (QED) is 0.523. The van der Waals surface area contributed by atoms with E-state index < -0.39 is 0 Å². The van der Waals surface area contributed by atoms with Crippen molar-refractivity contribution >= 4 is 16.7 Å². The standard InChI is InChI=1S/C32H34N2O3/c35-25-10-9-24-17-32-28-11-13-31(37-28,19-33-30(36)23-8-7-21-3-1-2-4-22(21)15-23)29(32)26(27(24)16-25)12-14-34(32)18-20-5-6-20/h1-4,7-10,15-16,20,26,28-29,35H,5-6,11-14,17-19H2,(H,33,36)/t26?,28?,29?,31-,32?/m0/s1. The van der Waals surface area contributed by atoms with E-state index in [9.17, 15) is 9.90 Å². The first-order chi connectivity index (χ1) is 18.1. The number of nitrogens with zero attached hydrogens (tertiary/aromatic N) is 1. The number of carbonyl (C=O) groups excluding carboxylic acids is 1. The van der Waals surface area contributed by atoms with Crippen molar-refractivity contribution in [3.63, 3.8) is 0 Å². The summed E-state index contributed by atoms with van der Waals surface area (Å²) in [6, 6.07) is 20.1. The average Bonchev–Trinajstić information content (AvgIpc) is 3.56. The molecule has 5 nitrogen and oxygen atoms in total. The van der Waals surface area contributed by atoms with Crippen molar-refractivity contribution < 1.29 is 14.6 Å². The Morgan fingerprint density at radius 1 is 1.03 bits per heavy atom. The minimum atomic E-state index is -0.354. The highest BCUT2D eigenvalue weighted by molar-refractivity contribution is 5.98. The molecule has 0 spiro atoms. The Hall–Kier alpha value is -2.89. The number of nitrogens with one attached hydrogen (secondary N) is 1. The first kappa shape index (κ1) is 22.1. The van der Waals surface area contributed by atoms with Crippen molar-refractivity contribution in [1.29, 1.82) is 0 Å². The molecule has 5 heteroatoms. The monoisotopic (exact) mass is 494 g/mol. The van der Waals surface area contributed by atoms with Crippen LogP contribution in [-0.2, 0) is 11.2 Å². The first-order valence-electron chi connectivity index (χ1n) is 14.1. The van der Waals surface area contributed by atoms with Crippen LogP contribution in [0.2, 0.25) is 0 Å². The Labute approximate surface area is 217 Å². The number of amides is 1. The minimum absolute atomic E-state index is 0.00139. The van der Waals surface area contributed by atoms with Crippen LogP contribution in [0.1, 0.15) is 59.5 Å². The molecule has 190 valence electrons. The van der Waals surface area contributed by atoms with Crippen LogP contribution in [0, 0.1) is 11.8 Å². The molecule has 2 N–H and O–H groups in total. The van der Waals surface area contributed by atoms with Gasteiger partial charge in [0.25, 0.3) is 5.91 Å². The van der Waals surface area contributed by atoms with Crippen LogP contribution in [0.3, 0.4) is 0 Å². The molecule has 4 unspecified atom stereocenters. The molecule has 3 saturated heterocycles. The maximum atomic E-state index is 13.4. The van der Waals surface area contributed by atoms with E-state index in [-0.39, 0.29) is 23.2 Å². The highest BCUT2D eigenvalue weighted by Crippen LogP contribution is 2.66. The number of phenolic OH excluding ortho intramolecular Hbond substituents is 1. The molecule has 3 aromatic carbocycles. The number of carbonyl (C=O) groups is 1. The Morgan fingerprint density at radius 3 is 2.76 bits per heavy atom. The minimum Gasteiger partial charge on any atom is -0.508 e. The lowest BCUT2D eigenvalue weighted by Gasteiger charge is -2.60. The third kappa shape index (κ3) is 3.20. The van der Waals surface area contributed by atoms with Crippen LogP contribution >= 0.6 is 0 Å². The molecule has 3 aromatic rings. The fourth-order valence-electron chi connectivity index (χ4n) is 8.64. The summed E-state index contributed by atoms with van der Waals surface area (Å²) in [6.45, 7) is 2.83. The summed E-state index contributed by atoms with van der Waals surface area (Å²) in [7, 11) is 0. The summed E-state index contributed by atoms with van der Waals surface area (Å²) >= 11 is 0. The van der Waals surface area contributed by atoms with E-state index >= 15 is 0 Å². The number of hydrogen-bond acceptors (Lipinski definition) is 4. The van der Waals surface area contributed by atoms with Gasteiger partial charge in [0.1, 0.15) is 5.75 Å². The Kier molecular flexibility index (Phi) is 4.67. The van der Waals surface area contributed by atoms with Crippen molar-refractivity contribution in [3.8, 4) is 5.75 Å². The van der Waals surface area contributed by atoms with Gasteiger partial charge < -0.3 is 15.2 Å². The second-order valence-electron chi connectivity index (χ2n) is 12.3. The predicted octanol–water partition coefficient (Wildman–Crippen LogP) is 5.02. The van der Waals surface area contributed by atoms with E-state index in [0.717, 1.165) is 48.9 Å². The molecule has 0 aromatic heterocycles. The summed E-state index contributed by atoms with van der Waals surface area (Å²) in [5.74, 6) is 1.85. The van der Waals surface area contributed by atoms with E-state index in [0.29, 0.717) is 29.7 Å². The molecular weight excluding hydrogens is 460 g/mol. The molecule has 4 bridgehead atoms. The van der Waals surface area contributed by atoms with E-state index in [2.05, 4.69) is 28.4 Å². The van der Waals surface area contributed by atoms with Gasteiger partial charge in [-0.05, 0) is 103 Å². The smallest absolute Gasteiger partial charge is 0.251 e. The molecule has 2 aliphatic carbocycles. The zero-order valence-corrected chi connectivity index (χ0v) is 21.2. The lowest BCUT2D eigenvalue weighted by molar-refractivity contribution is -0.0545. The van der Waals surface area contributed by atoms with Crippen LogP contribution in [0.4, 0.5) is 0 Å². The highest BCUT2D eigenvalue weighted by Gasteiger charge is 2.73. The second kappa shape index (κ2) is 7.81. The number of likely N-dealkylation sites (tertiary alicyclic amines) is 1.